The van der Waals surface area contributed by atoms with Crippen molar-refractivity contribution in [2.24, 2.45) is 5.41 Å². The molecule has 0 aromatic heterocycles. The first-order chi connectivity index (χ1) is 11.7. The van der Waals surface area contributed by atoms with Gasteiger partial charge in [0.15, 0.2) is 0 Å². The third-order valence-corrected chi connectivity index (χ3v) is 3.59. The molecule has 0 spiro atoms. The Balaban J connectivity index is 2.07. The standard InChI is InChI=1S/C14H11F5O6/c1-2-14(3-22-12(20)23-4-14)5-24-13(21)25-11-9(18)7(16)6(15)8(17)10(11)19/h2-5H2,1H3. The molecule has 0 aliphatic carbocycles. The van der Waals surface area contributed by atoms with Gasteiger partial charge in [-0.05, 0) is 6.42 Å². The molecule has 1 aromatic rings. The van der Waals surface area contributed by atoms with Gasteiger partial charge in [-0.2, -0.15) is 8.78 Å². The van der Waals surface area contributed by atoms with Gasteiger partial charge < -0.3 is 18.9 Å². The molecule has 0 atom stereocenters. The van der Waals surface area contributed by atoms with Gasteiger partial charge in [-0.1, -0.05) is 6.92 Å². The summed E-state index contributed by atoms with van der Waals surface area (Å²) >= 11 is 0. The van der Waals surface area contributed by atoms with Crippen LogP contribution in [0.5, 0.6) is 5.75 Å². The van der Waals surface area contributed by atoms with Crippen LogP contribution in [0.4, 0.5) is 31.5 Å². The van der Waals surface area contributed by atoms with Crippen molar-refractivity contribution in [3.63, 3.8) is 0 Å². The summed E-state index contributed by atoms with van der Waals surface area (Å²) in [5, 5.41) is 0. The number of carbonyl (C=O) groups excluding carboxylic acids is 2. The molecule has 0 saturated carbocycles. The summed E-state index contributed by atoms with van der Waals surface area (Å²) < 4.78 is 83.8. The average molecular weight is 370 g/mol. The highest BCUT2D eigenvalue weighted by Gasteiger charge is 2.38. The monoisotopic (exact) mass is 370 g/mol. The van der Waals surface area contributed by atoms with Gasteiger partial charge in [0.25, 0.3) is 0 Å². The second-order valence-electron chi connectivity index (χ2n) is 5.22. The molecule has 0 N–H and O–H groups in total. The maximum atomic E-state index is 13.4. The van der Waals surface area contributed by atoms with Crippen LogP contribution in [0.3, 0.4) is 0 Å². The molecule has 1 heterocycles. The van der Waals surface area contributed by atoms with E-state index in [1.807, 2.05) is 0 Å². The Kier molecular flexibility index (Phi) is 5.33. The first-order valence-electron chi connectivity index (χ1n) is 6.86. The Hall–Kier alpha value is -2.59. The van der Waals surface area contributed by atoms with Crippen LogP contribution in [0.15, 0.2) is 0 Å². The number of halogens is 5. The maximum absolute atomic E-state index is 13.4. The predicted molar refractivity (Wildman–Crippen MR) is 68.2 cm³/mol. The van der Waals surface area contributed by atoms with Crippen LogP contribution >= 0.6 is 0 Å². The fourth-order valence-corrected chi connectivity index (χ4v) is 1.90. The molecule has 1 aliphatic heterocycles. The minimum Gasteiger partial charge on any atom is -0.433 e. The van der Waals surface area contributed by atoms with E-state index in [0.29, 0.717) is 6.42 Å². The average Bonchev–Trinajstić information content (AvgIpc) is 2.62. The summed E-state index contributed by atoms with van der Waals surface area (Å²) in [6.07, 6.45) is -2.28. The number of hydrogen-bond acceptors (Lipinski definition) is 6. The first-order valence-corrected chi connectivity index (χ1v) is 6.86. The molecule has 2 rings (SSSR count). The summed E-state index contributed by atoms with van der Waals surface area (Å²) in [6.45, 7) is 0.919. The zero-order valence-electron chi connectivity index (χ0n) is 12.7. The van der Waals surface area contributed by atoms with E-state index >= 15 is 0 Å². The number of ether oxygens (including phenoxy) is 4. The zero-order chi connectivity index (χ0) is 18.8. The summed E-state index contributed by atoms with van der Waals surface area (Å²) in [5.74, 6) is -13.3. The van der Waals surface area contributed by atoms with Crippen molar-refractivity contribution in [2.45, 2.75) is 13.3 Å². The van der Waals surface area contributed by atoms with Crippen LogP contribution in [-0.2, 0) is 14.2 Å². The number of hydrogen-bond donors (Lipinski definition) is 0. The van der Waals surface area contributed by atoms with E-state index in [0.717, 1.165) is 0 Å². The Bertz CT molecular complexity index is 668. The summed E-state index contributed by atoms with van der Waals surface area (Å²) in [4.78, 5) is 22.4. The third-order valence-electron chi connectivity index (χ3n) is 3.59. The van der Waals surface area contributed by atoms with Crippen LogP contribution in [0, 0.1) is 34.5 Å². The topological polar surface area (TPSA) is 71.1 Å². The van der Waals surface area contributed by atoms with E-state index in [1.165, 1.54) is 0 Å². The summed E-state index contributed by atoms with van der Waals surface area (Å²) in [5.41, 5.74) is -0.927. The second kappa shape index (κ2) is 7.11. The van der Waals surface area contributed by atoms with Gasteiger partial charge in [-0.25, -0.2) is 22.8 Å². The molecule has 1 aliphatic rings. The van der Waals surface area contributed by atoms with E-state index in [-0.39, 0.29) is 13.2 Å². The van der Waals surface area contributed by atoms with Gasteiger partial charge in [-0.3, -0.25) is 0 Å². The fourth-order valence-electron chi connectivity index (χ4n) is 1.90. The van der Waals surface area contributed by atoms with E-state index in [1.54, 1.807) is 6.92 Å². The summed E-state index contributed by atoms with van der Waals surface area (Å²) in [7, 11) is 0. The van der Waals surface area contributed by atoms with Crippen molar-refractivity contribution in [3.05, 3.63) is 29.1 Å². The lowest BCUT2D eigenvalue weighted by atomic mass is 9.87. The van der Waals surface area contributed by atoms with Crippen LogP contribution in [0.25, 0.3) is 0 Å². The zero-order valence-corrected chi connectivity index (χ0v) is 12.7. The fraction of sp³-hybridized carbons (Fsp3) is 0.429. The quantitative estimate of drug-likeness (QED) is 0.266. The second-order valence-corrected chi connectivity index (χ2v) is 5.22. The van der Waals surface area contributed by atoms with E-state index in [2.05, 4.69) is 18.9 Å². The molecule has 0 amide bonds. The number of rotatable bonds is 4. The normalized spacial score (nSPS) is 16.0. The lowest BCUT2D eigenvalue weighted by molar-refractivity contribution is -0.0864. The maximum Gasteiger partial charge on any atom is 0.514 e. The molecule has 6 nitrogen and oxygen atoms in total. The Morgan fingerprint density at radius 2 is 1.48 bits per heavy atom. The highest BCUT2D eigenvalue weighted by atomic mass is 19.2. The number of carbonyl (C=O) groups is 2. The molecule has 0 unspecified atom stereocenters. The van der Waals surface area contributed by atoms with E-state index < -0.39 is 59.2 Å². The van der Waals surface area contributed by atoms with Gasteiger partial charge in [0.2, 0.25) is 34.8 Å². The summed E-state index contributed by atoms with van der Waals surface area (Å²) in [6, 6.07) is 0. The van der Waals surface area contributed by atoms with Gasteiger partial charge >= 0.3 is 12.3 Å². The van der Waals surface area contributed by atoms with Crippen LogP contribution in [0.2, 0.25) is 0 Å². The molecule has 0 radical (unpaired) electrons. The number of cyclic esters (lactones) is 2. The van der Waals surface area contributed by atoms with Crippen LogP contribution in [-0.4, -0.2) is 32.1 Å². The van der Waals surface area contributed by atoms with Crippen molar-refractivity contribution in [1.82, 2.24) is 0 Å². The van der Waals surface area contributed by atoms with Gasteiger partial charge in [0, 0.05) is 0 Å². The molecule has 1 aromatic carbocycles. The van der Waals surface area contributed by atoms with E-state index in [4.69, 9.17) is 0 Å². The largest absolute Gasteiger partial charge is 0.514 e. The smallest absolute Gasteiger partial charge is 0.433 e. The molecular formula is C14H11F5O6. The molecule has 0 bridgehead atoms. The van der Waals surface area contributed by atoms with Crippen molar-refractivity contribution >= 4 is 12.3 Å². The SMILES string of the molecule is CCC1(COC(=O)Oc2c(F)c(F)c(F)c(F)c2F)COC(=O)OC1. The highest BCUT2D eigenvalue weighted by molar-refractivity contribution is 5.64. The van der Waals surface area contributed by atoms with Gasteiger partial charge in [0.05, 0.1) is 5.41 Å². The minimum atomic E-state index is -2.39. The predicted octanol–water partition coefficient (Wildman–Crippen LogP) is 3.46. The number of benzene rings is 1. The van der Waals surface area contributed by atoms with Crippen molar-refractivity contribution in [3.8, 4) is 5.75 Å². The molecule has 1 saturated heterocycles. The van der Waals surface area contributed by atoms with Crippen LogP contribution in [0.1, 0.15) is 13.3 Å². The highest BCUT2D eigenvalue weighted by Crippen LogP contribution is 2.30. The van der Waals surface area contributed by atoms with Crippen LogP contribution < -0.4 is 4.74 Å². The van der Waals surface area contributed by atoms with Gasteiger partial charge in [0.1, 0.15) is 19.8 Å². The molecule has 11 heteroatoms. The minimum absolute atomic E-state index is 0.155. The Morgan fingerprint density at radius 1 is 1.00 bits per heavy atom. The third kappa shape index (κ3) is 3.74. The lowest BCUT2D eigenvalue weighted by Gasteiger charge is -2.33. The van der Waals surface area contributed by atoms with Crippen molar-refractivity contribution < 1.29 is 50.5 Å². The van der Waals surface area contributed by atoms with Crippen molar-refractivity contribution in [2.75, 3.05) is 19.8 Å². The lowest BCUT2D eigenvalue weighted by Crippen LogP contribution is -2.43. The molecule has 1 fully saturated rings. The first kappa shape index (κ1) is 18.7. The van der Waals surface area contributed by atoms with E-state index in [9.17, 15) is 31.5 Å². The Morgan fingerprint density at radius 3 is 1.96 bits per heavy atom. The molecular weight excluding hydrogens is 359 g/mol. The Labute approximate surface area is 137 Å². The van der Waals surface area contributed by atoms with Gasteiger partial charge in [-0.15, -0.1) is 0 Å². The molecule has 138 valence electrons. The molecule has 25 heavy (non-hydrogen) atoms. The van der Waals surface area contributed by atoms with Crippen molar-refractivity contribution in [1.29, 1.82) is 0 Å².